The largest absolute Gasteiger partial charge is 0.375 e. The van der Waals surface area contributed by atoms with Gasteiger partial charge in [0.05, 0.1) is 0 Å². The van der Waals surface area contributed by atoms with Crippen LogP contribution in [0.4, 0.5) is 4.39 Å². The summed E-state index contributed by atoms with van der Waals surface area (Å²) < 4.78 is 18.9. The van der Waals surface area contributed by atoms with Gasteiger partial charge in [0, 0.05) is 44.3 Å². The summed E-state index contributed by atoms with van der Waals surface area (Å²) in [6.45, 7) is 3.81. The lowest BCUT2D eigenvalue weighted by molar-refractivity contribution is -0.136. The Balaban J connectivity index is 1.86. The first-order valence-electron chi connectivity index (χ1n) is 6.52. The SMILES string of the molecule is COCC(=O)N1CCN(Cc2cc(F)cc(Br)c2)CC1. The van der Waals surface area contributed by atoms with E-state index < -0.39 is 0 Å². The molecular formula is C14H18BrFN2O2. The molecule has 0 spiro atoms. The van der Waals surface area contributed by atoms with Crippen molar-refractivity contribution in [2.45, 2.75) is 6.54 Å². The topological polar surface area (TPSA) is 32.8 Å². The number of halogens is 2. The number of carbonyl (C=O) groups is 1. The summed E-state index contributed by atoms with van der Waals surface area (Å²) in [6, 6.07) is 4.92. The van der Waals surface area contributed by atoms with Crippen molar-refractivity contribution in [1.82, 2.24) is 9.80 Å². The van der Waals surface area contributed by atoms with Crippen molar-refractivity contribution in [3.05, 3.63) is 34.1 Å². The molecule has 0 bridgehead atoms. The second kappa shape index (κ2) is 7.15. The van der Waals surface area contributed by atoms with Crippen LogP contribution in [0.15, 0.2) is 22.7 Å². The van der Waals surface area contributed by atoms with Gasteiger partial charge in [-0.15, -0.1) is 0 Å². The molecule has 1 aliphatic rings. The molecule has 1 saturated heterocycles. The molecule has 0 aromatic heterocycles. The lowest BCUT2D eigenvalue weighted by Gasteiger charge is -2.34. The molecular weight excluding hydrogens is 327 g/mol. The summed E-state index contributed by atoms with van der Waals surface area (Å²) >= 11 is 3.30. The predicted octanol–water partition coefficient (Wildman–Crippen LogP) is 1.88. The Morgan fingerprint density at radius 1 is 1.30 bits per heavy atom. The molecule has 0 radical (unpaired) electrons. The Bertz CT molecular complexity index is 456. The van der Waals surface area contributed by atoms with Crippen molar-refractivity contribution in [2.24, 2.45) is 0 Å². The maximum atomic E-state index is 13.3. The number of piperazine rings is 1. The molecule has 2 rings (SSSR count). The Kier molecular flexibility index (Phi) is 5.51. The first kappa shape index (κ1) is 15.4. The minimum Gasteiger partial charge on any atom is -0.375 e. The minimum atomic E-state index is -0.233. The zero-order chi connectivity index (χ0) is 14.5. The molecule has 1 heterocycles. The molecule has 1 fully saturated rings. The number of nitrogens with zero attached hydrogens (tertiary/aromatic N) is 2. The number of methoxy groups -OCH3 is 1. The van der Waals surface area contributed by atoms with Gasteiger partial charge in [0.25, 0.3) is 0 Å². The van der Waals surface area contributed by atoms with E-state index in [1.165, 1.54) is 13.2 Å². The van der Waals surface area contributed by atoms with Gasteiger partial charge in [0.15, 0.2) is 0 Å². The van der Waals surface area contributed by atoms with E-state index in [-0.39, 0.29) is 18.3 Å². The van der Waals surface area contributed by atoms with E-state index in [1.54, 1.807) is 6.07 Å². The Labute approximate surface area is 126 Å². The fourth-order valence-electron chi connectivity index (χ4n) is 2.33. The number of ether oxygens (including phenoxy) is 1. The lowest BCUT2D eigenvalue weighted by Crippen LogP contribution is -2.49. The Morgan fingerprint density at radius 3 is 2.60 bits per heavy atom. The molecule has 4 nitrogen and oxygen atoms in total. The second-order valence-electron chi connectivity index (χ2n) is 4.87. The van der Waals surface area contributed by atoms with Crippen LogP contribution in [-0.4, -0.2) is 55.6 Å². The average Bonchev–Trinajstić information content (AvgIpc) is 2.38. The third kappa shape index (κ3) is 4.26. The van der Waals surface area contributed by atoms with Crippen molar-refractivity contribution in [3.63, 3.8) is 0 Å². The molecule has 0 N–H and O–H groups in total. The summed E-state index contributed by atoms with van der Waals surface area (Å²) in [7, 11) is 1.52. The molecule has 1 aromatic rings. The molecule has 6 heteroatoms. The van der Waals surface area contributed by atoms with E-state index in [4.69, 9.17) is 4.74 Å². The minimum absolute atomic E-state index is 0.0284. The van der Waals surface area contributed by atoms with Crippen LogP contribution in [0.3, 0.4) is 0 Å². The Morgan fingerprint density at radius 2 is 2.00 bits per heavy atom. The highest BCUT2D eigenvalue weighted by Gasteiger charge is 2.20. The quantitative estimate of drug-likeness (QED) is 0.836. The molecule has 0 unspecified atom stereocenters. The summed E-state index contributed by atoms with van der Waals surface area (Å²) in [5, 5.41) is 0. The zero-order valence-electron chi connectivity index (χ0n) is 11.4. The first-order chi connectivity index (χ1) is 9.58. The van der Waals surface area contributed by atoms with Crippen LogP contribution >= 0.6 is 15.9 Å². The standard InChI is InChI=1S/C14H18BrFN2O2/c1-20-10-14(19)18-4-2-17(3-5-18)9-11-6-12(15)8-13(16)7-11/h6-8H,2-5,9-10H2,1H3. The van der Waals surface area contributed by atoms with Crippen molar-refractivity contribution in [1.29, 1.82) is 0 Å². The normalized spacial score (nSPS) is 16.4. The number of carbonyl (C=O) groups excluding carboxylic acids is 1. The Hall–Kier alpha value is -0.980. The number of rotatable bonds is 4. The fourth-order valence-corrected chi connectivity index (χ4v) is 2.84. The zero-order valence-corrected chi connectivity index (χ0v) is 13.0. The number of benzene rings is 1. The van der Waals surface area contributed by atoms with Crippen molar-refractivity contribution in [3.8, 4) is 0 Å². The first-order valence-corrected chi connectivity index (χ1v) is 7.32. The molecule has 1 amide bonds. The molecule has 110 valence electrons. The van der Waals surface area contributed by atoms with Crippen LogP contribution in [0.5, 0.6) is 0 Å². The van der Waals surface area contributed by atoms with Crippen LogP contribution in [0.2, 0.25) is 0 Å². The number of hydrogen-bond donors (Lipinski definition) is 0. The maximum absolute atomic E-state index is 13.3. The van der Waals surface area contributed by atoms with Gasteiger partial charge in [-0.2, -0.15) is 0 Å². The number of amides is 1. The highest BCUT2D eigenvalue weighted by atomic mass is 79.9. The third-order valence-corrected chi connectivity index (χ3v) is 3.78. The van der Waals surface area contributed by atoms with Crippen LogP contribution in [0, 0.1) is 5.82 Å². The average molecular weight is 345 g/mol. The van der Waals surface area contributed by atoms with Gasteiger partial charge in [-0.1, -0.05) is 15.9 Å². The van der Waals surface area contributed by atoms with Gasteiger partial charge in [-0.05, 0) is 23.8 Å². The second-order valence-corrected chi connectivity index (χ2v) is 5.78. The molecule has 0 saturated carbocycles. The number of hydrogen-bond acceptors (Lipinski definition) is 3. The van der Waals surface area contributed by atoms with Crippen molar-refractivity contribution in [2.75, 3.05) is 39.9 Å². The lowest BCUT2D eigenvalue weighted by atomic mass is 10.2. The smallest absolute Gasteiger partial charge is 0.248 e. The van der Waals surface area contributed by atoms with Gasteiger partial charge >= 0.3 is 0 Å². The van der Waals surface area contributed by atoms with E-state index in [0.717, 1.165) is 23.1 Å². The van der Waals surface area contributed by atoms with Crippen LogP contribution in [-0.2, 0) is 16.1 Å². The van der Waals surface area contributed by atoms with Gasteiger partial charge in [-0.25, -0.2) is 4.39 Å². The molecule has 0 aliphatic carbocycles. The molecule has 20 heavy (non-hydrogen) atoms. The van der Waals surface area contributed by atoms with Gasteiger partial charge < -0.3 is 9.64 Å². The fraction of sp³-hybridized carbons (Fsp3) is 0.500. The van der Waals surface area contributed by atoms with Crippen molar-refractivity contribution < 1.29 is 13.9 Å². The summed E-state index contributed by atoms with van der Waals surface area (Å²) in [5.41, 5.74) is 0.938. The molecule has 1 aromatic carbocycles. The monoisotopic (exact) mass is 344 g/mol. The van der Waals surface area contributed by atoms with Crippen LogP contribution < -0.4 is 0 Å². The van der Waals surface area contributed by atoms with Crippen molar-refractivity contribution >= 4 is 21.8 Å². The van der Waals surface area contributed by atoms with E-state index in [0.29, 0.717) is 19.6 Å². The van der Waals surface area contributed by atoms with E-state index >= 15 is 0 Å². The van der Waals surface area contributed by atoms with E-state index in [9.17, 15) is 9.18 Å². The van der Waals surface area contributed by atoms with Gasteiger partial charge in [-0.3, -0.25) is 9.69 Å². The van der Waals surface area contributed by atoms with Crippen LogP contribution in [0.25, 0.3) is 0 Å². The summed E-state index contributed by atoms with van der Waals surface area (Å²) in [5.74, 6) is -0.205. The van der Waals surface area contributed by atoms with Gasteiger partial charge in [0.1, 0.15) is 12.4 Å². The summed E-state index contributed by atoms with van der Waals surface area (Å²) in [6.07, 6.45) is 0. The maximum Gasteiger partial charge on any atom is 0.248 e. The molecule has 0 atom stereocenters. The molecule has 1 aliphatic heterocycles. The third-order valence-electron chi connectivity index (χ3n) is 3.32. The van der Waals surface area contributed by atoms with Gasteiger partial charge in [0.2, 0.25) is 5.91 Å². The van der Waals surface area contributed by atoms with Crippen LogP contribution in [0.1, 0.15) is 5.56 Å². The highest BCUT2D eigenvalue weighted by Crippen LogP contribution is 2.17. The van der Waals surface area contributed by atoms with E-state index in [1.807, 2.05) is 11.0 Å². The summed E-state index contributed by atoms with van der Waals surface area (Å²) in [4.78, 5) is 15.7. The predicted molar refractivity (Wildman–Crippen MR) is 77.8 cm³/mol. The van der Waals surface area contributed by atoms with E-state index in [2.05, 4.69) is 20.8 Å². The highest BCUT2D eigenvalue weighted by molar-refractivity contribution is 9.10.